The SMILES string of the molecule is [CH-]=C(C=[N-])Nc1ncc(C(=O)Nc2c(Cl)cccc2Cl)c(OC2CC2)n1.[CH2-]C[CH-]O.[Na+]. The number of amides is 1. The summed E-state index contributed by atoms with van der Waals surface area (Å²) in [5.74, 6) is -0.347. The first-order valence-corrected chi connectivity index (χ1v) is 9.56. The molecule has 0 saturated heterocycles. The third kappa shape index (κ3) is 8.76. The second-order valence-corrected chi connectivity index (χ2v) is 6.78. The van der Waals surface area contributed by atoms with Crippen molar-refractivity contribution in [3.63, 3.8) is 0 Å². The first-order chi connectivity index (χ1) is 14.4. The number of benzene rings is 1. The Labute approximate surface area is 213 Å². The van der Waals surface area contributed by atoms with Gasteiger partial charge in [-0.3, -0.25) is 17.8 Å². The van der Waals surface area contributed by atoms with Crippen LogP contribution in [0, 0.1) is 20.1 Å². The molecule has 8 nitrogen and oxygen atoms in total. The molecular formula is C20H19Cl2N5NaO3-3. The molecule has 0 atom stereocenters. The number of carbonyl (C=O) groups is 1. The topological polar surface area (TPSA) is 119 Å². The van der Waals surface area contributed by atoms with Crippen LogP contribution in [0.5, 0.6) is 5.88 Å². The van der Waals surface area contributed by atoms with E-state index >= 15 is 0 Å². The van der Waals surface area contributed by atoms with E-state index in [4.69, 9.17) is 45.0 Å². The summed E-state index contributed by atoms with van der Waals surface area (Å²) in [4.78, 5) is 20.8. The first-order valence-electron chi connectivity index (χ1n) is 8.80. The molecule has 1 saturated carbocycles. The standard InChI is InChI=1S/C17H13Cl2N5O2.C3H6O.Na/c1-9(7-20)22-17-21-8-11(16(24-17)26-10-5-6-10)15(25)23-14-12(18)3-2-4-13(14)19;1-2-3-4;/h1-4,7-8,10H,5-6H2,(H,23,25)(H,21,22,24);3-4H,1-2H2;/q2*-2;+1. The minimum atomic E-state index is -0.520. The van der Waals surface area contributed by atoms with Gasteiger partial charge in [0, 0.05) is 6.20 Å². The molecule has 31 heavy (non-hydrogen) atoms. The number of anilines is 2. The summed E-state index contributed by atoms with van der Waals surface area (Å²) in [6.07, 6.45) is 4.22. The molecule has 1 aliphatic carbocycles. The van der Waals surface area contributed by atoms with Gasteiger partial charge in [0.05, 0.1) is 15.7 Å². The Kier molecular flexibility index (Phi) is 12.1. The van der Waals surface area contributed by atoms with Crippen LogP contribution in [0.1, 0.15) is 29.6 Å². The Morgan fingerprint density at radius 3 is 2.52 bits per heavy atom. The number of para-hydroxylation sites is 1. The fraction of sp³-hybridized carbons (Fsp3) is 0.200. The zero-order valence-electron chi connectivity index (χ0n) is 16.8. The van der Waals surface area contributed by atoms with E-state index in [1.807, 2.05) is 0 Å². The van der Waals surface area contributed by atoms with Gasteiger partial charge in [-0.25, -0.2) is 11.6 Å². The number of allylic oxidation sites excluding steroid dienone is 1. The molecule has 1 amide bonds. The summed E-state index contributed by atoms with van der Waals surface area (Å²) in [6.45, 7) is 9.79. The number of carbonyl (C=O) groups excluding carboxylic acids is 1. The zero-order chi connectivity index (χ0) is 22.1. The number of aliphatic hydroxyl groups excluding tert-OH is 1. The fourth-order valence-corrected chi connectivity index (χ4v) is 2.47. The Bertz CT molecular complexity index is 903. The van der Waals surface area contributed by atoms with Gasteiger partial charge in [0.2, 0.25) is 11.8 Å². The molecule has 11 heteroatoms. The van der Waals surface area contributed by atoms with Crippen LogP contribution in [0.2, 0.25) is 10.0 Å². The number of rotatable bonds is 8. The van der Waals surface area contributed by atoms with Crippen molar-refractivity contribution in [3.8, 4) is 5.88 Å². The van der Waals surface area contributed by atoms with Gasteiger partial charge in [-0.05, 0) is 25.0 Å². The molecule has 3 rings (SSSR count). The van der Waals surface area contributed by atoms with Gasteiger partial charge in [0.25, 0.3) is 5.91 Å². The summed E-state index contributed by atoms with van der Waals surface area (Å²) in [5.41, 5.74) is 0.347. The van der Waals surface area contributed by atoms with E-state index in [-0.39, 0.29) is 64.4 Å². The van der Waals surface area contributed by atoms with Gasteiger partial charge < -0.3 is 39.0 Å². The van der Waals surface area contributed by atoms with Gasteiger partial charge in [-0.2, -0.15) is 10.7 Å². The molecule has 0 bridgehead atoms. The van der Waals surface area contributed by atoms with Crippen molar-refractivity contribution in [2.45, 2.75) is 25.4 Å². The second kappa shape index (κ2) is 13.7. The summed E-state index contributed by atoms with van der Waals surface area (Å²) in [7, 11) is 0. The van der Waals surface area contributed by atoms with Crippen LogP contribution in [-0.2, 0) is 0 Å². The molecule has 1 fully saturated rings. The number of ether oxygens (including phenoxy) is 1. The van der Waals surface area contributed by atoms with Gasteiger partial charge in [0.15, 0.2) is 0 Å². The van der Waals surface area contributed by atoms with E-state index in [1.54, 1.807) is 18.2 Å². The third-order valence-corrected chi connectivity index (χ3v) is 4.16. The van der Waals surface area contributed by atoms with E-state index in [2.05, 4.69) is 27.5 Å². The number of hydrogen-bond acceptors (Lipinski definition) is 6. The predicted octanol–water partition coefficient (Wildman–Crippen LogP) is 1.69. The van der Waals surface area contributed by atoms with Gasteiger partial charge in [-0.15, -0.1) is 0 Å². The molecule has 3 N–H and O–H groups in total. The summed E-state index contributed by atoms with van der Waals surface area (Å²) in [6, 6.07) is 4.89. The molecule has 1 aromatic carbocycles. The molecule has 0 unspecified atom stereocenters. The average Bonchev–Trinajstić information content (AvgIpc) is 3.55. The number of hydrogen-bond donors (Lipinski definition) is 3. The first kappa shape index (κ1) is 27.4. The normalized spacial score (nSPS) is 11.9. The van der Waals surface area contributed by atoms with E-state index in [0.717, 1.165) is 19.4 Å². The van der Waals surface area contributed by atoms with E-state index < -0.39 is 5.91 Å². The molecule has 0 spiro atoms. The Balaban J connectivity index is 0.000000885. The molecule has 2 aromatic rings. The molecule has 160 valence electrons. The van der Waals surface area contributed by atoms with Gasteiger partial charge in [-0.1, -0.05) is 29.3 Å². The van der Waals surface area contributed by atoms with Crippen molar-refractivity contribution in [1.29, 1.82) is 0 Å². The molecular weight excluding hydrogens is 452 g/mol. The summed E-state index contributed by atoms with van der Waals surface area (Å²) in [5, 5.41) is 22.4. The monoisotopic (exact) mass is 470 g/mol. The molecule has 1 aliphatic rings. The van der Waals surface area contributed by atoms with Gasteiger partial charge in [0.1, 0.15) is 11.7 Å². The molecule has 1 heterocycles. The zero-order valence-corrected chi connectivity index (χ0v) is 20.3. The quantitative estimate of drug-likeness (QED) is 0.307. The minimum absolute atomic E-state index is 0. The molecule has 0 radical (unpaired) electrons. The van der Waals surface area contributed by atoms with Crippen molar-refractivity contribution in [1.82, 2.24) is 9.97 Å². The fourth-order valence-electron chi connectivity index (χ4n) is 1.98. The largest absolute Gasteiger partial charge is 1.00 e. The summed E-state index contributed by atoms with van der Waals surface area (Å²) >= 11 is 12.2. The maximum Gasteiger partial charge on any atom is 1.00 e. The van der Waals surface area contributed by atoms with Crippen LogP contribution in [0.25, 0.3) is 5.41 Å². The van der Waals surface area contributed by atoms with Crippen LogP contribution in [0.3, 0.4) is 0 Å². The smallest absolute Gasteiger partial charge is 0.909 e. The minimum Gasteiger partial charge on any atom is -0.909 e. The number of aromatic nitrogens is 2. The Hall–Kier alpha value is -1.68. The number of nitrogens with one attached hydrogen (secondary N) is 2. The Morgan fingerprint density at radius 1 is 1.39 bits per heavy atom. The number of halogens is 2. The van der Waals surface area contributed by atoms with Crippen LogP contribution in [-0.4, -0.2) is 33.3 Å². The third-order valence-electron chi connectivity index (χ3n) is 3.53. The van der Waals surface area contributed by atoms with E-state index in [0.29, 0.717) is 22.7 Å². The van der Waals surface area contributed by atoms with Crippen molar-refractivity contribution in [2.24, 2.45) is 0 Å². The number of nitrogens with zero attached hydrogens (tertiary/aromatic N) is 3. The van der Waals surface area contributed by atoms with Crippen LogP contribution in [0.4, 0.5) is 11.6 Å². The maximum atomic E-state index is 12.6. The van der Waals surface area contributed by atoms with Gasteiger partial charge >= 0.3 is 29.6 Å². The van der Waals surface area contributed by atoms with Crippen LogP contribution < -0.4 is 44.9 Å². The summed E-state index contributed by atoms with van der Waals surface area (Å²) < 4.78 is 5.69. The average molecular weight is 471 g/mol. The second-order valence-electron chi connectivity index (χ2n) is 5.96. The van der Waals surface area contributed by atoms with E-state index in [1.165, 1.54) is 6.20 Å². The van der Waals surface area contributed by atoms with Crippen molar-refractivity contribution in [2.75, 3.05) is 10.6 Å². The van der Waals surface area contributed by atoms with E-state index in [9.17, 15) is 4.79 Å². The number of aliphatic hydroxyl groups is 1. The van der Waals surface area contributed by atoms with Crippen LogP contribution >= 0.6 is 23.2 Å². The molecule has 0 aliphatic heterocycles. The Morgan fingerprint density at radius 2 is 2.00 bits per heavy atom. The maximum absolute atomic E-state index is 12.6. The van der Waals surface area contributed by atoms with Crippen molar-refractivity contribution in [3.05, 3.63) is 71.2 Å². The van der Waals surface area contributed by atoms with Crippen LogP contribution in [0.15, 0.2) is 30.1 Å². The van der Waals surface area contributed by atoms with Crippen molar-refractivity contribution >= 4 is 47.0 Å². The molecule has 1 aromatic heterocycles. The van der Waals surface area contributed by atoms with Crippen molar-refractivity contribution < 1.29 is 44.2 Å². The predicted molar refractivity (Wildman–Crippen MR) is 117 cm³/mol.